The smallest absolute Gasteiger partial charge is 0.0713 e. The quantitative estimate of drug-likeness (QED) is 0.130. The highest BCUT2D eigenvalue weighted by Crippen LogP contribution is 2.57. The van der Waals surface area contributed by atoms with Gasteiger partial charge in [0, 0.05) is 16.8 Å². The second kappa shape index (κ2) is 18.4. The van der Waals surface area contributed by atoms with Crippen molar-refractivity contribution in [1.29, 1.82) is 0 Å². The molecule has 0 amide bonds. The zero-order valence-electron chi connectivity index (χ0n) is 41.5. The van der Waals surface area contributed by atoms with Crippen molar-refractivity contribution in [3.8, 4) is 44.5 Å². The summed E-state index contributed by atoms with van der Waals surface area (Å²) < 4.78 is 0. The van der Waals surface area contributed by atoms with Gasteiger partial charge in [-0.05, 0) is 143 Å². The van der Waals surface area contributed by atoms with Crippen LogP contribution in [0.4, 0.5) is 17.1 Å². The molecule has 0 saturated heterocycles. The van der Waals surface area contributed by atoms with Gasteiger partial charge in [0.05, 0.1) is 16.8 Å². The van der Waals surface area contributed by atoms with Crippen molar-refractivity contribution in [3.05, 3.63) is 295 Å². The SMILES string of the molecule is c1ccc(C2(c3ccccc3)c3ccccc3-c3ccc(-c4ccc(N(c5ccccc5-c5cccc6c5ccc5ccccc56)c5ccccc5-c5cccc6cccc(C7CCCCC7)c56)cc4)cc32)cc1. The van der Waals surface area contributed by atoms with E-state index in [9.17, 15) is 0 Å². The van der Waals surface area contributed by atoms with Crippen molar-refractivity contribution in [2.75, 3.05) is 4.90 Å². The van der Waals surface area contributed by atoms with Crippen LogP contribution in [0.15, 0.2) is 267 Å². The first kappa shape index (κ1) is 44.0. The lowest BCUT2D eigenvalue weighted by molar-refractivity contribution is 0.445. The van der Waals surface area contributed by atoms with E-state index in [2.05, 4.69) is 272 Å². The molecule has 1 heteroatoms. The highest BCUT2D eigenvalue weighted by molar-refractivity contribution is 6.13. The van der Waals surface area contributed by atoms with Crippen LogP contribution < -0.4 is 4.90 Å². The lowest BCUT2D eigenvalue weighted by Crippen LogP contribution is -2.28. The standard InChI is InChI=1S/C73H55N/c1-4-21-51(22-5-1)59-34-18-24-53-25-19-37-67(72(53)59)66-33-14-17-40-71(66)74(70-39-16-13-32-65(70)61-36-20-35-60-58-30-11-10-23-52(58)43-47-62(60)61)57-45-41-50(42-46-57)54-44-48-64-63-31-12-15-38-68(63)73(69(64)49-54,55-26-6-2-7-27-55)56-28-8-3-9-29-56/h2-3,6-20,23-49,51H,1,4-5,21-22H2. The van der Waals surface area contributed by atoms with Crippen LogP contribution in [-0.2, 0) is 5.41 Å². The van der Waals surface area contributed by atoms with E-state index < -0.39 is 5.41 Å². The molecule has 1 fully saturated rings. The van der Waals surface area contributed by atoms with Crippen LogP contribution in [0.3, 0.4) is 0 Å². The van der Waals surface area contributed by atoms with Crippen molar-refractivity contribution in [3.63, 3.8) is 0 Å². The molecule has 12 aromatic rings. The van der Waals surface area contributed by atoms with Gasteiger partial charge in [-0.1, -0.05) is 256 Å². The highest BCUT2D eigenvalue weighted by Gasteiger charge is 2.46. The van der Waals surface area contributed by atoms with E-state index in [-0.39, 0.29) is 0 Å². The van der Waals surface area contributed by atoms with Crippen LogP contribution in [0.5, 0.6) is 0 Å². The van der Waals surface area contributed by atoms with Crippen molar-refractivity contribution < 1.29 is 0 Å². The third-order valence-corrected chi connectivity index (χ3v) is 16.6. The summed E-state index contributed by atoms with van der Waals surface area (Å²) in [6, 6.07) is 100. The Morgan fingerprint density at radius 2 is 0.865 bits per heavy atom. The van der Waals surface area contributed by atoms with Gasteiger partial charge in [0.2, 0.25) is 0 Å². The summed E-state index contributed by atoms with van der Waals surface area (Å²) in [5.74, 6) is 0.562. The van der Waals surface area contributed by atoms with Crippen LogP contribution in [0.25, 0.3) is 76.8 Å². The maximum atomic E-state index is 2.53. The third kappa shape index (κ3) is 7.13. The summed E-state index contributed by atoms with van der Waals surface area (Å²) in [5, 5.41) is 7.72. The summed E-state index contributed by atoms with van der Waals surface area (Å²) in [6.45, 7) is 0. The molecule has 1 nitrogen and oxygen atoms in total. The fourth-order valence-electron chi connectivity index (χ4n) is 13.3. The number of hydrogen-bond donors (Lipinski definition) is 0. The zero-order valence-corrected chi connectivity index (χ0v) is 41.5. The Kier molecular flexibility index (Phi) is 10.9. The average Bonchev–Trinajstić information content (AvgIpc) is 3.86. The van der Waals surface area contributed by atoms with E-state index in [0.717, 1.165) is 17.1 Å². The van der Waals surface area contributed by atoms with Gasteiger partial charge in [0.15, 0.2) is 0 Å². The molecule has 0 N–H and O–H groups in total. The molecule has 0 atom stereocenters. The van der Waals surface area contributed by atoms with Crippen LogP contribution in [0.1, 0.15) is 65.8 Å². The second-order valence-corrected chi connectivity index (χ2v) is 20.5. The molecule has 12 aromatic carbocycles. The molecule has 0 heterocycles. The number of para-hydroxylation sites is 2. The van der Waals surface area contributed by atoms with Gasteiger partial charge in [-0.2, -0.15) is 0 Å². The molecule has 0 bridgehead atoms. The van der Waals surface area contributed by atoms with Gasteiger partial charge in [-0.15, -0.1) is 0 Å². The van der Waals surface area contributed by atoms with E-state index in [1.54, 1.807) is 0 Å². The topological polar surface area (TPSA) is 3.24 Å². The number of fused-ring (bicyclic) bond motifs is 7. The summed E-state index contributed by atoms with van der Waals surface area (Å²) in [6.07, 6.45) is 6.42. The Hall–Kier alpha value is -8.78. The number of benzene rings is 12. The predicted octanol–water partition coefficient (Wildman–Crippen LogP) is 20.0. The fourth-order valence-corrected chi connectivity index (χ4v) is 13.3. The Labute approximate surface area is 434 Å². The normalized spacial score (nSPS) is 14.0. The summed E-state index contributed by atoms with van der Waals surface area (Å²) >= 11 is 0. The van der Waals surface area contributed by atoms with Gasteiger partial charge in [0.25, 0.3) is 0 Å². The third-order valence-electron chi connectivity index (χ3n) is 16.6. The maximum absolute atomic E-state index is 2.53. The van der Waals surface area contributed by atoms with Crippen LogP contribution >= 0.6 is 0 Å². The Morgan fingerprint density at radius 1 is 0.324 bits per heavy atom. The molecule has 0 spiro atoms. The lowest BCUT2D eigenvalue weighted by Gasteiger charge is -2.34. The molecule has 0 aliphatic heterocycles. The van der Waals surface area contributed by atoms with E-state index in [1.165, 1.54) is 137 Å². The molecule has 0 radical (unpaired) electrons. The molecule has 1 saturated carbocycles. The number of anilines is 3. The summed E-state index contributed by atoms with van der Waals surface area (Å²) in [4.78, 5) is 2.53. The summed E-state index contributed by atoms with van der Waals surface area (Å²) in [7, 11) is 0. The second-order valence-electron chi connectivity index (χ2n) is 20.5. The fraction of sp³-hybridized carbons (Fsp3) is 0.0959. The Morgan fingerprint density at radius 3 is 1.61 bits per heavy atom. The molecule has 352 valence electrons. The molecule has 2 aliphatic carbocycles. The van der Waals surface area contributed by atoms with Crippen LogP contribution in [0, 0.1) is 0 Å². The zero-order chi connectivity index (χ0) is 49.0. The van der Waals surface area contributed by atoms with E-state index in [1.807, 2.05) is 0 Å². The Bertz CT molecular complexity index is 4000. The van der Waals surface area contributed by atoms with Crippen molar-refractivity contribution >= 4 is 49.4 Å². The van der Waals surface area contributed by atoms with Crippen molar-refractivity contribution in [2.45, 2.75) is 43.4 Å². The van der Waals surface area contributed by atoms with Gasteiger partial charge < -0.3 is 4.90 Å². The number of rotatable bonds is 9. The first-order valence-corrected chi connectivity index (χ1v) is 26.6. The molecular formula is C73H55N. The lowest BCUT2D eigenvalue weighted by atomic mass is 9.67. The van der Waals surface area contributed by atoms with Crippen LogP contribution in [0.2, 0.25) is 0 Å². The van der Waals surface area contributed by atoms with Gasteiger partial charge in [0.1, 0.15) is 0 Å². The largest absolute Gasteiger partial charge is 0.309 e. The monoisotopic (exact) mass is 945 g/mol. The van der Waals surface area contributed by atoms with E-state index in [4.69, 9.17) is 0 Å². The number of nitrogens with zero attached hydrogens (tertiary/aromatic N) is 1. The minimum Gasteiger partial charge on any atom is -0.309 e. The molecule has 74 heavy (non-hydrogen) atoms. The van der Waals surface area contributed by atoms with Gasteiger partial charge in [-0.25, -0.2) is 0 Å². The molecule has 2 aliphatic rings. The molecule has 14 rings (SSSR count). The first-order valence-electron chi connectivity index (χ1n) is 26.6. The van der Waals surface area contributed by atoms with E-state index in [0.29, 0.717) is 5.92 Å². The number of hydrogen-bond acceptors (Lipinski definition) is 1. The molecular weight excluding hydrogens is 891 g/mol. The van der Waals surface area contributed by atoms with Gasteiger partial charge in [-0.3, -0.25) is 0 Å². The van der Waals surface area contributed by atoms with E-state index >= 15 is 0 Å². The first-order chi connectivity index (χ1) is 36.7. The van der Waals surface area contributed by atoms with Crippen molar-refractivity contribution in [1.82, 2.24) is 0 Å². The average molecular weight is 946 g/mol. The molecule has 0 aromatic heterocycles. The van der Waals surface area contributed by atoms with Gasteiger partial charge >= 0.3 is 0 Å². The maximum Gasteiger partial charge on any atom is 0.0713 e. The minimum absolute atomic E-state index is 0.471. The highest BCUT2D eigenvalue weighted by atomic mass is 15.1. The summed E-state index contributed by atoms with van der Waals surface area (Å²) in [5.41, 5.74) is 19.4. The Balaban J connectivity index is 0.963. The predicted molar refractivity (Wildman–Crippen MR) is 313 cm³/mol. The molecule has 0 unspecified atom stereocenters. The van der Waals surface area contributed by atoms with Crippen molar-refractivity contribution in [2.24, 2.45) is 0 Å². The van der Waals surface area contributed by atoms with Crippen LogP contribution in [-0.4, -0.2) is 0 Å². The minimum atomic E-state index is -0.471.